The number of aromatic nitrogens is 1. The summed E-state index contributed by atoms with van der Waals surface area (Å²) >= 11 is 17.9. The van der Waals surface area contributed by atoms with Crippen LogP contribution >= 0.6 is 34.8 Å². The number of carbonyl (C=O) groups is 1. The molecule has 3 heterocycles. The lowest BCUT2D eigenvalue weighted by molar-refractivity contribution is -0.137. The number of rotatable bonds is 6. The van der Waals surface area contributed by atoms with Gasteiger partial charge in [-0.1, -0.05) is 58.2 Å². The molecule has 0 saturated carbocycles. The van der Waals surface area contributed by atoms with Crippen LogP contribution in [0.4, 0.5) is 30.4 Å². The molecule has 3 aromatic rings. The second-order valence-corrected chi connectivity index (χ2v) is 10.7. The number of hydrogen-bond acceptors (Lipinski definition) is 6. The van der Waals surface area contributed by atoms with E-state index in [1.165, 1.54) is 12.3 Å². The molecule has 13 heteroatoms. The van der Waals surface area contributed by atoms with E-state index in [4.69, 9.17) is 39.6 Å². The number of piperazine rings is 1. The fourth-order valence-corrected chi connectivity index (χ4v) is 5.20. The van der Waals surface area contributed by atoms with Crippen molar-refractivity contribution >= 4 is 63.6 Å². The van der Waals surface area contributed by atoms with Crippen LogP contribution < -0.4 is 15.1 Å². The topological polar surface area (TPSA) is 70.1 Å². The van der Waals surface area contributed by atoms with Gasteiger partial charge in [-0.05, 0) is 42.0 Å². The lowest BCUT2D eigenvalue weighted by Crippen LogP contribution is -2.47. The molecule has 2 aliphatic rings. The maximum absolute atomic E-state index is 13.5. The molecular formula is C27H23Cl3F3N5O2. The Balaban J connectivity index is 1.31. The Kier molecular flexibility index (Phi) is 8.30. The molecule has 1 saturated heterocycles. The molecule has 0 bridgehead atoms. The van der Waals surface area contributed by atoms with Crippen LogP contribution in [0.15, 0.2) is 65.9 Å². The Bertz CT molecular complexity index is 1430. The van der Waals surface area contributed by atoms with Crippen LogP contribution in [0.25, 0.3) is 0 Å². The fourth-order valence-electron chi connectivity index (χ4n) is 4.81. The highest BCUT2D eigenvalue weighted by Crippen LogP contribution is 2.38. The zero-order valence-electron chi connectivity index (χ0n) is 20.8. The second kappa shape index (κ2) is 11.7. The van der Waals surface area contributed by atoms with Gasteiger partial charge in [0.15, 0.2) is 10.9 Å². The zero-order valence-corrected chi connectivity index (χ0v) is 23.1. The van der Waals surface area contributed by atoms with Gasteiger partial charge in [-0.15, -0.1) is 0 Å². The van der Waals surface area contributed by atoms with Crippen LogP contribution in [-0.2, 0) is 15.8 Å². The Morgan fingerprint density at radius 2 is 1.75 bits per heavy atom. The molecule has 1 unspecified atom stereocenters. The average molecular weight is 613 g/mol. The number of benzene rings is 2. The molecule has 1 amide bonds. The summed E-state index contributed by atoms with van der Waals surface area (Å²) in [5.41, 5.74) is 2.74. The summed E-state index contributed by atoms with van der Waals surface area (Å²) in [4.78, 5) is 24.2. The monoisotopic (exact) mass is 611 g/mol. The molecule has 0 spiro atoms. The summed E-state index contributed by atoms with van der Waals surface area (Å²) in [7, 11) is 0. The first-order chi connectivity index (χ1) is 19.1. The first kappa shape index (κ1) is 28.3. The number of nitrogens with zero attached hydrogens (tertiary/aromatic N) is 4. The van der Waals surface area contributed by atoms with Crippen LogP contribution in [0, 0.1) is 0 Å². The molecule has 1 fully saturated rings. The highest BCUT2D eigenvalue weighted by atomic mass is 35.5. The highest BCUT2D eigenvalue weighted by Gasteiger charge is 2.36. The number of oxime groups is 1. The number of anilines is 3. The predicted molar refractivity (Wildman–Crippen MR) is 151 cm³/mol. The Labute approximate surface area is 243 Å². The van der Waals surface area contributed by atoms with Crippen molar-refractivity contribution in [2.75, 3.05) is 41.3 Å². The first-order valence-electron chi connectivity index (χ1n) is 12.3. The molecule has 0 radical (unpaired) electrons. The van der Waals surface area contributed by atoms with Crippen LogP contribution in [0.1, 0.15) is 29.2 Å². The Morgan fingerprint density at radius 3 is 2.48 bits per heavy atom. The van der Waals surface area contributed by atoms with Crippen LogP contribution in [0.2, 0.25) is 5.02 Å². The molecule has 7 nitrogen and oxygen atoms in total. The predicted octanol–water partition coefficient (Wildman–Crippen LogP) is 6.69. The summed E-state index contributed by atoms with van der Waals surface area (Å²) in [5, 5.41) is 7.46. The van der Waals surface area contributed by atoms with Crippen molar-refractivity contribution in [3.8, 4) is 0 Å². The van der Waals surface area contributed by atoms with E-state index in [-0.39, 0.29) is 5.82 Å². The minimum absolute atomic E-state index is 0.0663. The lowest BCUT2D eigenvalue weighted by Gasteiger charge is -2.38. The quantitative estimate of drug-likeness (QED) is 0.314. The van der Waals surface area contributed by atoms with Crippen molar-refractivity contribution in [3.05, 3.63) is 82.5 Å². The van der Waals surface area contributed by atoms with Crippen molar-refractivity contribution in [3.63, 3.8) is 0 Å². The van der Waals surface area contributed by atoms with Crippen molar-refractivity contribution in [1.29, 1.82) is 0 Å². The smallest absolute Gasteiger partial charge is 0.387 e. The van der Waals surface area contributed by atoms with Gasteiger partial charge in [-0.25, -0.2) is 4.98 Å². The van der Waals surface area contributed by atoms with Gasteiger partial charge in [-0.3, -0.25) is 4.79 Å². The van der Waals surface area contributed by atoms with Gasteiger partial charge in [0.05, 0.1) is 16.3 Å². The number of nitrogens with one attached hydrogen (secondary N) is 1. The van der Waals surface area contributed by atoms with Gasteiger partial charge < -0.3 is 20.0 Å². The maximum atomic E-state index is 13.5. The molecule has 2 aromatic carbocycles. The molecule has 1 N–H and O–H groups in total. The number of pyridine rings is 1. The summed E-state index contributed by atoms with van der Waals surface area (Å²) in [6.07, 6.45) is -3.11. The van der Waals surface area contributed by atoms with E-state index in [1.54, 1.807) is 29.2 Å². The van der Waals surface area contributed by atoms with Gasteiger partial charge in [-0.2, -0.15) is 13.2 Å². The van der Waals surface area contributed by atoms with Crippen LogP contribution in [0.5, 0.6) is 0 Å². The summed E-state index contributed by atoms with van der Waals surface area (Å²) in [5.74, 6) is -0.605. The van der Waals surface area contributed by atoms with Crippen molar-refractivity contribution < 1.29 is 22.8 Å². The van der Waals surface area contributed by atoms with E-state index in [0.717, 1.165) is 17.3 Å². The minimum atomic E-state index is -4.49. The second-order valence-electron chi connectivity index (χ2n) is 9.23. The van der Waals surface area contributed by atoms with Gasteiger partial charge in [0.25, 0.3) is 5.91 Å². The van der Waals surface area contributed by atoms with Crippen LogP contribution in [0.3, 0.4) is 0 Å². The highest BCUT2D eigenvalue weighted by molar-refractivity contribution is 6.54. The third-order valence-electron chi connectivity index (χ3n) is 6.69. The molecule has 40 heavy (non-hydrogen) atoms. The van der Waals surface area contributed by atoms with E-state index >= 15 is 0 Å². The van der Waals surface area contributed by atoms with Gasteiger partial charge in [0, 0.05) is 55.7 Å². The number of hydrogen-bond donors (Lipinski definition) is 1. The molecule has 5 rings (SSSR count). The largest absolute Gasteiger partial charge is 0.419 e. The zero-order chi connectivity index (χ0) is 28.4. The molecule has 1 aromatic heterocycles. The third kappa shape index (κ3) is 6.09. The van der Waals surface area contributed by atoms with Crippen molar-refractivity contribution in [2.24, 2.45) is 5.16 Å². The summed E-state index contributed by atoms with van der Waals surface area (Å²) < 4.78 is 40.6. The Hall–Kier alpha value is -3.21. The normalized spacial score (nSPS) is 17.6. The first-order valence-corrected chi connectivity index (χ1v) is 13.6. The van der Waals surface area contributed by atoms with E-state index < -0.39 is 28.6 Å². The van der Waals surface area contributed by atoms with E-state index in [1.807, 2.05) is 18.2 Å². The van der Waals surface area contributed by atoms with Crippen molar-refractivity contribution in [1.82, 2.24) is 4.98 Å². The number of alkyl halides is 5. The van der Waals surface area contributed by atoms with Gasteiger partial charge >= 0.3 is 6.18 Å². The minimum Gasteiger partial charge on any atom is -0.387 e. The summed E-state index contributed by atoms with van der Waals surface area (Å²) in [6.45, 7) is 1.62. The third-order valence-corrected chi connectivity index (χ3v) is 7.40. The van der Waals surface area contributed by atoms with E-state index in [2.05, 4.69) is 20.4 Å². The standard InChI is InChI=1S/C27H23Cl3F3N5O2/c28-19-7-2-8-21(37-10-12-38(13-11-37)25-18(27(31,32)33)6-3-9-34-25)23(19)20-15-22(40-36-20)16-4-1-5-17(14-16)35-26(39)24(29)30/h1-9,14,22,24H,10-13,15H2,(H,35,39). The van der Waals surface area contributed by atoms with Gasteiger partial charge in [0.2, 0.25) is 0 Å². The molecule has 210 valence electrons. The SMILES string of the molecule is O=C(Nc1cccc(C2CC(c3c(Cl)cccc3N3CCN(c4ncccc4C(F)(F)F)CC3)=NO2)c1)C(Cl)Cl. The number of amides is 1. The maximum Gasteiger partial charge on any atom is 0.419 e. The number of carbonyl (C=O) groups excluding carboxylic acids is 1. The van der Waals surface area contributed by atoms with Gasteiger partial charge in [0.1, 0.15) is 5.82 Å². The molecule has 1 atom stereocenters. The Morgan fingerprint density at radius 1 is 1.02 bits per heavy atom. The average Bonchev–Trinajstić information content (AvgIpc) is 3.42. The summed E-state index contributed by atoms with van der Waals surface area (Å²) in [6, 6.07) is 15.0. The fraction of sp³-hybridized carbons (Fsp3) is 0.296. The van der Waals surface area contributed by atoms with Crippen LogP contribution in [-0.4, -0.2) is 47.6 Å². The molecular weight excluding hydrogens is 590 g/mol. The number of halogens is 6. The van der Waals surface area contributed by atoms with E-state index in [9.17, 15) is 18.0 Å². The molecule has 0 aliphatic carbocycles. The van der Waals surface area contributed by atoms with Crippen molar-refractivity contribution in [2.45, 2.75) is 23.5 Å². The molecule has 2 aliphatic heterocycles. The lowest BCUT2D eigenvalue weighted by atomic mass is 9.98. The van der Waals surface area contributed by atoms with E-state index in [0.29, 0.717) is 54.6 Å².